The maximum Gasteiger partial charge on any atom is 0.231 e. The Hall–Kier alpha value is -5.42. The molecule has 0 radical (unpaired) electrons. The zero-order chi connectivity index (χ0) is 29.3. The van der Waals surface area contributed by atoms with Crippen LogP contribution in [0.25, 0.3) is 77.6 Å². The van der Waals surface area contributed by atoms with E-state index in [1.165, 1.54) is 5.56 Å². The first kappa shape index (κ1) is 25.3. The second-order valence-electron chi connectivity index (χ2n) is 12.0. The molecular weight excluding hydrogens is 532 g/mol. The molecular formula is C38H28N2O3. The summed E-state index contributed by atoms with van der Waals surface area (Å²) >= 11 is 0. The smallest absolute Gasteiger partial charge is 0.231 e. The van der Waals surface area contributed by atoms with E-state index in [9.17, 15) is 5.11 Å². The molecule has 0 spiro atoms. The Morgan fingerprint density at radius 3 is 2.23 bits per heavy atom. The van der Waals surface area contributed by atoms with Crippen LogP contribution in [0.4, 0.5) is 0 Å². The van der Waals surface area contributed by atoms with Gasteiger partial charge in [0.1, 0.15) is 22.4 Å². The second-order valence-corrected chi connectivity index (χ2v) is 12.0. The number of oxazole rings is 1. The van der Waals surface area contributed by atoms with Crippen LogP contribution in [0.1, 0.15) is 26.3 Å². The molecule has 0 atom stereocenters. The summed E-state index contributed by atoms with van der Waals surface area (Å²) in [6, 6.07) is 34.0. The SMILES string of the molecule is CC(C)(C)c1ccnc2c(-c3cccc(-c4cccc5oc(-c6ccccc6O)nc45)c3)c3oc4ccccc4c3cc12. The van der Waals surface area contributed by atoms with Gasteiger partial charge >= 0.3 is 0 Å². The fourth-order valence-electron chi connectivity index (χ4n) is 6.18. The van der Waals surface area contributed by atoms with Crippen LogP contribution >= 0.6 is 0 Å². The molecule has 3 aromatic heterocycles. The van der Waals surface area contributed by atoms with E-state index in [1.54, 1.807) is 18.2 Å². The van der Waals surface area contributed by atoms with Crippen LogP contribution in [0.2, 0.25) is 0 Å². The monoisotopic (exact) mass is 560 g/mol. The number of nitrogens with zero attached hydrogens (tertiary/aromatic N) is 2. The highest BCUT2D eigenvalue weighted by molar-refractivity contribution is 6.18. The first-order chi connectivity index (χ1) is 20.9. The molecule has 0 bridgehead atoms. The van der Waals surface area contributed by atoms with Gasteiger partial charge in [-0.3, -0.25) is 4.98 Å². The summed E-state index contributed by atoms with van der Waals surface area (Å²) in [6.45, 7) is 6.71. The van der Waals surface area contributed by atoms with Crippen molar-refractivity contribution in [3.8, 4) is 39.5 Å². The highest BCUT2D eigenvalue weighted by atomic mass is 16.4. The van der Waals surface area contributed by atoms with Gasteiger partial charge in [0.2, 0.25) is 5.89 Å². The van der Waals surface area contributed by atoms with Gasteiger partial charge in [-0.15, -0.1) is 0 Å². The van der Waals surface area contributed by atoms with Crippen LogP contribution in [-0.2, 0) is 5.41 Å². The van der Waals surface area contributed by atoms with Crippen molar-refractivity contribution in [2.24, 2.45) is 0 Å². The summed E-state index contributed by atoms with van der Waals surface area (Å²) in [5.74, 6) is 0.513. The molecule has 1 N–H and O–H groups in total. The van der Waals surface area contributed by atoms with Gasteiger partial charge in [0.05, 0.1) is 16.6 Å². The average Bonchev–Trinajstić information content (AvgIpc) is 3.61. The Balaban J connectivity index is 1.39. The summed E-state index contributed by atoms with van der Waals surface area (Å²) in [7, 11) is 0. The maximum absolute atomic E-state index is 10.4. The van der Waals surface area contributed by atoms with E-state index in [1.807, 2.05) is 36.5 Å². The number of para-hydroxylation sites is 3. The molecule has 208 valence electrons. The number of pyridine rings is 1. The number of benzene rings is 5. The highest BCUT2D eigenvalue weighted by Gasteiger charge is 2.23. The third-order valence-electron chi connectivity index (χ3n) is 8.20. The fraction of sp³-hybridized carbons (Fsp3) is 0.105. The van der Waals surface area contributed by atoms with Gasteiger partial charge in [-0.2, -0.15) is 0 Å². The number of aromatic hydroxyl groups is 1. The Morgan fingerprint density at radius 2 is 1.37 bits per heavy atom. The number of phenolic OH excluding ortho intramolecular Hbond substituents is 1. The fourth-order valence-corrected chi connectivity index (χ4v) is 6.18. The number of rotatable bonds is 3. The van der Waals surface area contributed by atoms with E-state index in [4.69, 9.17) is 18.8 Å². The molecule has 0 saturated heterocycles. The van der Waals surface area contributed by atoms with Gasteiger partial charge in [-0.1, -0.05) is 81.4 Å². The number of aromatic nitrogens is 2. The zero-order valence-electron chi connectivity index (χ0n) is 24.1. The highest BCUT2D eigenvalue weighted by Crippen LogP contribution is 2.44. The van der Waals surface area contributed by atoms with Crippen molar-refractivity contribution in [2.75, 3.05) is 0 Å². The molecule has 0 aliphatic carbocycles. The summed E-state index contributed by atoms with van der Waals surface area (Å²) in [4.78, 5) is 9.77. The third kappa shape index (κ3) is 4.00. The first-order valence-electron chi connectivity index (χ1n) is 14.4. The van der Waals surface area contributed by atoms with Crippen LogP contribution in [-0.4, -0.2) is 15.1 Å². The molecule has 5 aromatic carbocycles. The van der Waals surface area contributed by atoms with Crippen molar-refractivity contribution in [3.63, 3.8) is 0 Å². The van der Waals surface area contributed by atoms with Gasteiger partial charge in [-0.25, -0.2) is 4.98 Å². The van der Waals surface area contributed by atoms with Gasteiger partial charge in [0.15, 0.2) is 5.58 Å². The summed E-state index contributed by atoms with van der Waals surface area (Å²) in [5.41, 5.74) is 9.62. The molecule has 8 rings (SSSR count). The Labute approximate surface area is 248 Å². The summed E-state index contributed by atoms with van der Waals surface area (Å²) in [5, 5.41) is 13.7. The van der Waals surface area contributed by atoms with Crippen molar-refractivity contribution < 1.29 is 13.9 Å². The maximum atomic E-state index is 10.4. The molecule has 8 aromatic rings. The molecule has 0 saturated carbocycles. The van der Waals surface area contributed by atoms with Gasteiger partial charge < -0.3 is 13.9 Å². The lowest BCUT2D eigenvalue weighted by atomic mass is 9.83. The van der Waals surface area contributed by atoms with Crippen LogP contribution in [0, 0.1) is 0 Å². The molecule has 0 fully saturated rings. The Morgan fingerprint density at radius 1 is 0.628 bits per heavy atom. The number of phenols is 1. The van der Waals surface area contributed by atoms with Crippen molar-refractivity contribution in [2.45, 2.75) is 26.2 Å². The largest absolute Gasteiger partial charge is 0.507 e. The van der Waals surface area contributed by atoms with Gasteiger partial charge in [0.25, 0.3) is 0 Å². The third-order valence-corrected chi connectivity index (χ3v) is 8.20. The number of furan rings is 1. The minimum Gasteiger partial charge on any atom is -0.507 e. The molecule has 43 heavy (non-hydrogen) atoms. The average molecular weight is 561 g/mol. The van der Waals surface area contributed by atoms with E-state index >= 15 is 0 Å². The van der Waals surface area contributed by atoms with Gasteiger partial charge in [-0.05, 0) is 64.6 Å². The van der Waals surface area contributed by atoms with E-state index in [2.05, 4.69) is 75.4 Å². The van der Waals surface area contributed by atoms with Crippen LogP contribution in [0.5, 0.6) is 5.75 Å². The first-order valence-corrected chi connectivity index (χ1v) is 14.4. The lowest BCUT2D eigenvalue weighted by Crippen LogP contribution is -2.12. The lowest BCUT2D eigenvalue weighted by Gasteiger charge is -2.22. The molecule has 5 heteroatoms. The molecule has 0 aliphatic heterocycles. The van der Waals surface area contributed by atoms with Crippen molar-refractivity contribution in [3.05, 3.63) is 115 Å². The van der Waals surface area contributed by atoms with Gasteiger partial charge in [0, 0.05) is 27.9 Å². The minimum absolute atomic E-state index is 0.0684. The van der Waals surface area contributed by atoms with E-state index in [0.717, 1.165) is 60.6 Å². The number of hydrogen-bond acceptors (Lipinski definition) is 5. The quantitative estimate of drug-likeness (QED) is 0.233. The van der Waals surface area contributed by atoms with Crippen LogP contribution in [0.3, 0.4) is 0 Å². The number of hydrogen-bond donors (Lipinski definition) is 1. The molecule has 0 unspecified atom stereocenters. The predicted molar refractivity (Wildman–Crippen MR) is 173 cm³/mol. The Kier molecular flexibility index (Phi) is 5.47. The lowest BCUT2D eigenvalue weighted by molar-refractivity contribution is 0.474. The minimum atomic E-state index is -0.0684. The molecule has 0 aliphatic rings. The second kappa shape index (κ2) is 9.30. The predicted octanol–water partition coefficient (Wildman–Crippen LogP) is 10.3. The zero-order valence-corrected chi connectivity index (χ0v) is 24.1. The van der Waals surface area contributed by atoms with E-state index in [0.29, 0.717) is 17.0 Å². The summed E-state index contributed by atoms with van der Waals surface area (Å²) < 4.78 is 12.7. The number of fused-ring (bicyclic) bond motifs is 5. The Bertz CT molecular complexity index is 2350. The normalized spacial score (nSPS) is 12.2. The molecule has 0 amide bonds. The topological polar surface area (TPSA) is 72.3 Å². The van der Waals surface area contributed by atoms with Crippen molar-refractivity contribution >= 4 is 43.9 Å². The standard InChI is InChI=1S/C38H28N2O3/c1-38(2,3)29-18-19-39-35-28(29)21-27-25-12-5-7-16-31(25)42-36(27)33(35)23-11-8-10-22(20-23)24-14-9-17-32-34(24)40-37(43-32)26-13-4-6-15-30(26)41/h4-21,41H,1-3H3. The van der Waals surface area contributed by atoms with E-state index in [-0.39, 0.29) is 11.2 Å². The molecule has 5 nitrogen and oxygen atoms in total. The molecule has 3 heterocycles. The van der Waals surface area contributed by atoms with Crippen LogP contribution < -0.4 is 0 Å². The summed E-state index contributed by atoms with van der Waals surface area (Å²) in [6.07, 6.45) is 1.90. The van der Waals surface area contributed by atoms with Crippen molar-refractivity contribution in [1.29, 1.82) is 0 Å². The van der Waals surface area contributed by atoms with Crippen molar-refractivity contribution in [1.82, 2.24) is 9.97 Å². The van der Waals surface area contributed by atoms with E-state index < -0.39 is 0 Å². The van der Waals surface area contributed by atoms with Crippen LogP contribution in [0.15, 0.2) is 118 Å².